The van der Waals surface area contributed by atoms with Crippen molar-refractivity contribution in [3.8, 4) is 23.8 Å². The van der Waals surface area contributed by atoms with E-state index in [0.717, 1.165) is 25.3 Å². The summed E-state index contributed by atoms with van der Waals surface area (Å²) in [5.74, 6) is 0.996. The zero-order valence-corrected chi connectivity index (χ0v) is 13.7. The molecule has 0 atom stereocenters. The van der Waals surface area contributed by atoms with E-state index in [1.807, 2.05) is 0 Å². The van der Waals surface area contributed by atoms with Crippen molar-refractivity contribution >= 4 is 5.91 Å². The molecule has 130 valence electrons. The van der Waals surface area contributed by atoms with Gasteiger partial charge in [0, 0.05) is 12.1 Å². The normalized spacial score (nSPS) is 16.1. The third-order valence-corrected chi connectivity index (χ3v) is 4.15. The van der Waals surface area contributed by atoms with E-state index >= 15 is 0 Å². The molecule has 1 aliphatic carbocycles. The summed E-state index contributed by atoms with van der Waals surface area (Å²) in [6.45, 7) is 0.0387. The van der Waals surface area contributed by atoms with Gasteiger partial charge >= 0.3 is 0 Å². The fourth-order valence-corrected chi connectivity index (χ4v) is 2.84. The maximum Gasteiger partial charge on any atom is 0.251 e. The van der Waals surface area contributed by atoms with Crippen LogP contribution in [0.4, 0.5) is 4.39 Å². The Morgan fingerprint density at radius 3 is 2.75 bits per heavy atom. The van der Waals surface area contributed by atoms with Gasteiger partial charge in [-0.3, -0.25) is 4.79 Å². The Balaban J connectivity index is 2.09. The van der Waals surface area contributed by atoms with Gasteiger partial charge in [0.25, 0.3) is 5.91 Å². The first-order valence-corrected chi connectivity index (χ1v) is 7.93. The van der Waals surface area contributed by atoms with Crippen molar-refractivity contribution in [1.82, 2.24) is 5.32 Å². The van der Waals surface area contributed by atoms with Crippen molar-refractivity contribution in [2.24, 2.45) is 0 Å². The zero-order valence-electron chi connectivity index (χ0n) is 13.7. The van der Waals surface area contributed by atoms with Crippen LogP contribution in [0.25, 0.3) is 0 Å². The van der Waals surface area contributed by atoms with E-state index in [4.69, 9.17) is 15.9 Å². The second kappa shape index (κ2) is 8.02. The minimum Gasteiger partial charge on any atom is -0.493 e. The SMILES string of the molecule is C#CCOc1c(F)cc(C(=O)NCC2(O)CCCCC2)cc1OC. The average Bonchev–Trinajstić information content (AvgIpc) is 2.58. The lowest BCUT2D eigenvalue weighted by Crippen LogP contribution is -2.44. The number of amides is 1. The third-order valence-electron chi connectivity index (χ3n) is 4.15. The molecule has 1 saturated carbocycles. The molecule has 1 aliphatic rings. The predicted octanol–water partition coefficient (Wildman–Crippen LogP) is 2.27. The van der Waals surface area contributed by atoms with Gasteiger partial charge < -0.3 is 19.9 Å². The first kappa shape index (κ1) is 18.1. The van der Waals surface area contributed by atoms with E-state index in [0.29, 0.717) is 12.8 Å². The summed E-state index contributed by atoms with van der Waals surface area (Å²) in [6.07, 6.45) is 9.38. The molecule has 2 N–H and O–H groups in total. The van der Waals surface area contributed by atoms with Gasteiger partial charge in [-0.25, -0.2) is 4.39 Å². The molecule has 1 amide bonds. The van der Waals surface area contributed by atoms with Gasteiger partial charge in [0.2, 0.25) is 0 Å². The monoisotopic (exact) mass is 335 g/mol. The Morgan fingerprint density at radius 2 is 2.12 bits per heavy atom. The molecule has 24 heavy (non-hydrogen) atoms. The van der Waals surface area contributed by atoms with Crippen molar-refractivity contribution in [2.75, 3.05) is 20.3 Å². The second-order valence-corrected chi connectivity index (χ2v) is 5.95. The molecule has 0 unspecified atom stereocenters. The van der Waals surface area contributed by atoms with Crippen LogP contribution >= 0.6 is 0 Å². The number of nitrogens with one attached hydrogen (secondary N) is 1. The van der Waals surface area contributed by atoms with Gasteiger partial charge in [-0.15, -0.1) is 6.42 Å². The minimum atomic E-state index is -0.883. The van der Waals surface area contributed by atoms with Crippen LogP contribution in [0.5, 0.6) is 11.5 Å². The summed E-state index contributed by atoms with van der Waals surface area (Å²) < 4.78 is 24.3. The number of aliphatic hydroxyl groups is 1. The number of hydrogen-bond acceptors (Lipinski definition) is 4. The van der Waals surface area contributed by atoms with Crippen LogP contribution in [0.15, 0.2) is 12.1 Å². The van der Waals surface area contributed by atoms with Crippen LogP contribution in [0.2, 0.25) is 0 Å². The lowest BCUT2D eigenvalue weighted by molar-refractivity contribution is 0.00525. The first-order valence-electron chi connectivity index (χ1n) is 7.93. The first-order chi connectivity index (χ1) is 11.5. The number of carbonyl (C=O) groups is 1. The lowest BCUT2D eigenvalue weighted by Gasteiger charge is -2.32. The highest BCUT2D eigenvalue weighted by Gasteiger charge is 2.29. The van der Waals surface area contributed by atoms with Gasteiger partial charge in [-0.1, -0.05) is 25.2 Å². The zero-order chi connectivity index (χ0) is 17.6. The summed E-state index contributed by atoms with van der Waals surface area (Å²) in [5, 5.41) is 13.1. The molecular weight excluding hydrogens is 313 g/mol. The highest BCUT2D eigenvalue weighted by Crippen LogP contribution is 2.32. The molecule has 0 saturated heterocycles. The number of benzene rings is 1. The van der Waals surface area contributed by atoms with Crippen LogP contribution in [0.1, 0.15) is 42.5 Å². The molecular formula is C18H22FNO4. The molecule has 0 aliphatic heterocycles. The summed E-state index contributed by atoms with van der Waals surface area (Å²) >= 11 is 0. The van der Waals surface area contributed by atoms with E-state index in [-0.39, 0.29) is 30.2 Å². The predicted molar refractivity (Wildman–Crippen MR) is 87.6 cm³/mol. The topological polar surface area (TPSA) is 67.8 Å². The highest BCUT2D eigenvalue weighted by atomic mass is 19.1. The number of ether oxygens (including phenoxy) is 2. The van der Waals surface area contributed by atoms with E-state index in [1.54, 1.807) is 0 Å². The van der Waals surface area contributed by atoms with Crippen molar-refractivity contribution in [3.63, 3.8) is 0 Å². The maximum atomic E-state index is 14.1. The van der Waals surface area contributed by atoms with Crippen LogP contribution < -0.4 is 14.8 Å². The van der Waals surface area contributed by atoms with Crippen LogP contribution in [0, 0.1) is 18.2 Å². The van der Waals surface area contributed by atoms with E-state index in [9.17, 15) is 14.3 Å². The van der Waals surface area contributed by atoms with Gasteiger partial charge in [0.1, 0.15) is 6.61 Å². The number of terminal acetylenes is 1. The molecule has 5 nitrogen and oxygen atoms in total. The Kier molecular flexibility index (Phi) is 6.04. The van der Waals surface area contributed by atoms with Gasteiger partial charge in [0.15, 0.2) is 17.3 Å². The standard InChI is InChI=1S/C18H22FNO4/c1-3-9-24-16-14(19)10-13(11-15(16)23-2)17(21)20-12-18(22)7-5-4-6-8-18/h1,10-11,22H,4-9,12H2,2H3,(H,20,21). The summed E-state index contributed by atoms with van der Waals surface area (Å²) in [5.41, 5.74) is -0.788. The Bertz CT molecular complexity index is 633. The Morgan fingerprint density at radius 1 is 1.42 bits per heavy atom. The smallest absolute Gasteiger partial charge is 0.251 e. The summed E-state index contributed by atoms with van der Waals surface area (Å²) in [7, 11) is 1.35. The van der Waals surface area contributed by atoms with Crippen molar-refractivity contribution in [3.05, 3.63) is 23.5 Å². The summed E-state index contributed by atoms with van der Waals surface area (Å²) in [6, 6.07) is 2.45. The molecule has 0 aromatic heterocycles. The minimum absolute atomic E-state index is 0.0896. The van der Waals surface area contributed by atoms with Crippen LogP contribution in [0.3, 0.4) is 0 Å². The lowest BCUT2D eigenvalue weighted by atomic mass is 9.85. The molecule has 0 heterocycles. The van der Waals surface area contributed by atoms with Crippen LogP contribution in [-0.4, -0.2) is 36.9 Å². The highest BCUT2D eigenvalue weighted by molar-refractivity contribution is 5.95. The Labute approximate surface area is 141 Å². The maximum absolute atomic E-state index is 14.1. The van der Waals surface area contributed by atoms with Crippen LogP contribution in [-0.2, 0) is 0 Å². The fraction of sp³-hybridized carbons (Fsp3) is 0.500. The van der Waals surface area contributed by atoms with E-state index in [1.165, 1.54) is 13.2 Å². The number of hydrogen-bond donors (Lipinski definition) is 2. The van der Waals surface area contributed by atoms with Gasteiger partial charge in [0.05, 0.1) is 12.7 Å². The molecule has 1 aromatic rings. The third kappa shape index (κ3) is 4.39. The quantitative estimate of drug-likeness (QED) is 0.783. The van der Waals surface area contributed by atoms with E-state index in [2.05, 4.69) is 11.2 Å². The number of rotatable bonds is 6. The number of carbonyl (C=O) groups excluding carboxylic acids is 1. The number of halogens is 1. The average molecular weight is 335 g/mol. The molecule has 1 aromatic carbocycles. The number of methoxy groups -OCH3 is 1. The largest absolute Gasteiger partial charge is 0.493 e. The van der Waals surface area contributed by atoms with Crippen molar-refractivity contribution in [2.45, 2.75) is 37.7 Å². The molecule has 0 radical (unpaired) electrons. The van der Waals surface area contributed by atoms with Crippen molar-refractivity contribution in [1.29, 1.82) is 0 Å². The van der Waals surface area contributed by atoms with E-state index < -0.39 is 17.3 Å². The molecule has 0 bridgehead atoms. The molecule has 6 heteroatoms. The van der Waals surface area contributed by atoms with Gasteiger partial charge in [-0.05, 0) is 25.0 Å². The fourth-order valence-electron chi connectivity index (χ4n) is 2.84. The molecule has 2 rings (SSSR count). The molecule has 0 spiro atoms. The summed E-state index contributed by atoms with van der Waals surface area (Å²) in [4.78, 5) is 12.3. The van der Waals surface area contributed by atoms with Gasteiger partial charge in [-0.2, -0.15) is 0 Å². The Hall–Kier alpha value is -2.26. The van der Waals surface area contributed by atoms with Crippen molar-refractivity contribution < 1.29 is 23.8 Å². The second-order valence-electron chi connectivity index (χ2n) is 5.95. The molecule has 1 fully saturated rings.